The molecule has 1 N–H and O–H groups in total. The lowest BCUT2D eigenvalue weighted by Crippen LogP contribution is -2.16. The van der Waals surface area contributed by atoms with Crippen molar-refractivity contribution in [1.29, 1.82) is 5.26 Å². The fourth-order valence-electron chi connectivity index (χ4n) is 1.97. The fourth-order valence-corrected chi connectivity index (χ4v) is 3.43. The van der Waals surface area contributed by atoms with Crippen LogP contribution in [0.25, 0.3) is 0 Å². The van der Waals surface area contributed by atoms with Gasteiger partial charge in [-0.2, -0.15) is 15.5 Å². The Labute approximate surface area is 116 Å². The van der Waals surface area contributed by atoms with Crippen LogP contribution >= 0.6 is 0 Å². The number of anilines is 1. The minimum absolute atomic E-state index is 0.0117. The molecule has 0 spiro atoms. The molecule has 0 amide bonds. The summed E-state index contributed by atoms with van der Waals surface area (Å²) in [6, 6.07) is 1.89. The van der Waals surface area contributed by atoms with E-state index in [1.165, 1.54) is 15.6 Å². The van der Waals surface area contributed by atoms with Crippen molar-refractivity contribution in [2.24, 2.45) is 14.1 Å². The first kappa shape index (κ1) is 14.1. The van der Waals surface area contributed by atoms with Crippen LogP contribution in [0, 0.1) is 25.2 Å². The predicted octanol–water partition coefficient (Wildman–Crippen LogP) is 0.443. The summed E-state index contributed by atoms with van der Waals surface area (Å²) in [4.78, 5) is 0.106. The van der Waals surface area contributed by atoms with Gasteiger partial charge in [-0.1, -0.05) is 0 Å². The van der Waals surface area contributed by atoms with E-state index in [9.17, 15) is 8.42 Å². The van der Waals surface area contributed by atoms with Gasteiger partial charge in [-0.15, -0.1) is 0 Å². The molecule has 2 aromatic rings. The van der Waals surface area contributed by atoms with Gasteiger partial charge in [0.05, 0.1) is 11.4 Å². The lowest BCUT2D eigenvalue weighted by Gasteiger charge is -2.06. The van der Waals surface area contributed by atoms with E-state index in [-0.39, 0.29) is 16.3 Å². The maximum Gasteiger partial charge on any atom is 0.266 e. The van der Waals surface area contributed by atoms with Crippen LogP contribution in [-0.2, 0) is 24.1 Å². The first-order valence-electron chi connectivity index (χ1n) is 5.73. The number of nitriles is 1. The molecular weight excluding hydrogens is 280 g/mol. The zero-order valence-corrected chi connectivity index (χ0v) is 12.4. The number of nitrogens with one attached hydrogen (secondary N) is 1. The van der Waals surface area contributed by atoms with Crippen molar-refractivity contribution in [1.82, 2.24) is 19.6 Å². The number of aryl methyl sites for hydroxylation is 3. The smallest absolute Gasteiger partial charge is 0.266 e. The molecular formula is C11H14N6O2S. The van der Waals surface area contributed by atoms with Crippen LogP contribution in [0.5, 0.6) is 0 Å². The second kappa shape index (κ2) is 4.64. The van der Waals surface area contributed by atoms with E-state index in [4.69, 9.17) is 5.26 Å². The molecule has 0 bridgehead atoms. The molecule has 0 aromatic carbocycles. The minimum atomic E-state index is -3.83. The van der Waals surface area contributed by atoms with Crippen molar-refractivity contribution in [2.45, 2.75) is 18.7 Å². The van der Waals surface area contributed by atoms with E-state index in [2.05, 4.69) is 14.9 Å². The Bertz CT molecular complexity index is 809. The highest BCUT2D eigenvalue weighted by molar-refractivity contribution is 7.92. The number of sulfonamides is 1. The van der Waals surface area contributed by atoms with Gasteiger partial charge < -0.3 is 0 Å². The summed E-state index contributed by atoms with van der Waals surface area (Å²) in [6.45, 7) is 3.28. The molecule has 0 fully saturated rings. The summed E-state index contributed by atoms with van der Waals surface area (Å²) in [6.07, 6.45) is 1.45. The topological polar surface area (TPSA) is 106 Å². The predicted molar refractivity (Wildman–Crippen MR) is 71.4 cm³/mol. The van der Waals surface area contributed by atoms with Crippen molar-refractivity contribution >= 4 is 15.8 Å². The van der Waals surface area contributed by atoms with Crippen molar-refractivity contribution in [3.63, 3.8) is 0 Å². The van der Waals surface area contributed by atoms with Gasteiger partial charge in [-0.3, -0.25) is 14.1 Å². The summed E-state index contributed by atoms with van der Waals surface area (Å²) in [5, 5.41) is 17.0. The van der Waals surface area contributed by atoms with Crippen LogP contribution in [0.15, 0.2) is 11.1 Å². The van der Waals surface area contributed by atoms with Gasteiger partial charge in [-0.05, 0) is 13.8 Å². The van der Waals surface area contributed by atoms with Gasteiger partial charge in [0.15, 0.2) is 5.82 Å². The quantitative estimate of drug-likeness (QED) is 0.884. The maximum atomic E-state index is 12.4. The Balaban J connectivity index is 2.49. The van der Waals surface area contributed by atoms with Gasteiger partial charge in [0.1, 0.15) is 16.5 Å². The molecule has 0 aliphatic rings. The van der Waals surface area contributed by atoms with Crippen LogP contribution in [0.3, 0.4) is 0 Å². The second-order valence-electron chi connectivity index (χ2n) is 4.41. The van der Waals surface area contributed by atoms with Crippen LogP contribution < -0.4 is 4.72 Å². The summed E-state index contributed by atoms with van der Waals surface area (Å²) < 4.78 is 30.0. The molecule has 2 aromatic heterocycles. The van der Waals surface area contributed by atoms with Gasteiger partial charge in [0.2, 0.25) is 0 Å². The van der Waals surface area contributed by atoms with E-state index < -0.39 is 10.0 Å². The SMILES string of the molecule is Cc1nn(C)c(C)c1S(=O)(=O)Nc1nn(C)cc1C#N. The van der Waals surface area contributed by atoms with Crippen LogP contribution in [0.1, 0.15) is 17.0 Å². The van der Waals surface area contributed by atoms with E-state index in [0.29, 0.717) is 11.4 Å². The maximum absolute atomic E-state index is 12.4. The fraction of sp³-hybridized carbons (Fsp3) is 0.364. The molecule has 9 heteroatoms. The first-order valence-corrected chi connectivity index (χ1v) is 7.21. The normalized spacial score (nSPS) is 11.3. The van der Waals surface area contributed by atoms with Gasteiger partial charge in [0, 0.05) is 20.3 Å². The van der Waals surface area contributed by atoms with Gasteiger partial charge >= 0.3 is 0 Å². The van der Waals surface area contributed by atoms with Gasteiger partial charge in [0.25, 0.3) is 10.0 Å². The Morgan fingerprint density at radius 2 is 1.95 bits per heavy atom. The highest BCUT2D eigenvalue weighted by Gasteiger charge is 2.25. The Hall–Kier alpha value is -2.34. The summed E-state index contributed by atoms with van der Waals surface area (Å²) in [5.74, 6) is 0.0117. The van der Waals surface area contributed by atoms with Gasteiger partial charge in [-0.25, -0.2) is 8.42 Å². The van der Waals surface area contributed by atoms with E-state index >= 15 is 0 Å². The zero-order chi connectivity index (χ0) is 15.1. The Morgan fingerprint density at radius 3 is 2.45 bits per heavy atom. The average Bonchev–Trinajstić information content (AvgIpc) is 2.79. The lowest BCUT2D eigenvalue weighted by molar-refractivity contribution is 0.599. The van der Waals surface area contributed by atoms with Crippen LogP contribution in [0.2, 0.25) is 0 Å². The molecule has 0 aliphatic carbocycles. The van der Waals surface area contributed by atoms with Crippen LogP contribution in [0.4, 0.5) is 5.82 Å². The Kier molecular flexibility index (Phi) is 3.27. The molecule has 0 saturated carbocycles. The number of hydrogen-bond acceptors (Lipinski definition) is 5. The molecule has 2 rings (SSSR count). The van der Waals surface area contributed by atoms with E-state index in [1.54, 1.807) is 27.9 Å². The molecule has 8 nitrogen and oxygen atoms in total. The molecule has 0 saturated heterocycles. The minimum Gasteiger partial charge on any atom is -0.272 e. The Morgan fingerprint density at radius 1 is 1.30 bits per heavy atom. The standard InChI is InChI=1S/C11H14N6O2S/c1-7-10(8(2)17(4)13-7)20(18,19)15-11-9(5-12)6-16(3)14-11/h6H,1-4H3,(H,14,15). The van der Waals surface area contributed by atoms with Crippen molar-refractivity contribution < 1.29 is 8.42 Å². The first-order chi connectivity index (χ1) is 9.26. The number of hydrogen-bond donors (Lipinski definition) is 1. The summed E-state index contributed by atoms with van der Waals surface area (Å²) in [5.41, 5.74) is 1.08. The number of nitrogens with zero attached hydrogens (tertiary/aromatic N) is 5. The highest BCUT2D eigenvalue weighted by Crippen LogP contribution is 2.22. The lowest BCUT2D eigenvalue weighted by atomic mass is 10.4. The molecule has 2 heterocycles. The van der Waals surface area contributed by atoms with Crippen LogP contribution in [-0.4, -0.2) is 28.0 Å². The third-order valence-corrected chi connectivity index (χ3v) is 4.48. The van der Waals surface area contributed by atoms with E-state index in [1.807, 2.05) is 6.07 Å². The third kappa shape index (κ3) is 2.25. The summed E-state index contributed by atoms with van der Waals surface area (Å²) >= 11 is 0. The number of rotatable bonds is 3. The molecule has 0 atom stereocenters. The average molecular weight is 294 g/mol. The van der Waals surface area contributed by atoms with Crippen molar-refractivity contribution in [3.8, 4) is 6.07 Å². The molecule has 0 unspecified atom stereocenters. The largest absolute Gasteiger partial charge is 0.272 e. The van der Waals surface area contributed by atoms with Crippen molar-refractivity contribution in [2.75, 3.05) is 4.72 Å². The zero-order valence-electron chi connectivity index (χ0n) is 11.5. The molecule has 20 heavy (non-hydrogen) atoms. The van der Waals surface area contributed by atoms with E-state index in [0.717, 1.165) is 0 Å². The molecule has 106 valence electrons. The van der Waals surface area contributed by atoms with Crippen molar-refractivity contribution in [3.05, 3.63) is 23.1 Å². The second-order valence-corrected chi connectivity index (χ2v) is 6.03. The highest BCUT2D eigenvalue weighted by atomic mass is 32.2. The molecule has 0 aliphatic heterocycles. The molecule has 0 radical (unpaired) electrons. The number of aromatic nitrogens is 4. The third-order valence-electron chi connectivity index (χ3n) is 2.89. The monoisotopic (exact) mass is 294 g/mol. The summed E-state index contributed by atoms with van der Waals surface area (Å²) in [7, 11) is -0.554.